The highest BCUT2D eigenvalue weighted by molar-refractivity contribution is 5.63. The van der Waals surface area contributed by atoms with Crippen molar-refractivity contribution >= 4 is 11.6 Å². The highest BCUT2D eigenvalue weighted by Crippen LogP contribution is 2.37. The first-order chi connectivity index (χ1) is 9.79. The Kier molecular flexibility index (Phi) is 3.91. The van der Waals surface area contributed by atoms with Crippen molar-refractivity contribution in [3.8, 4) is 5.75 Å². The first-order valence-electron chi connectivity index (χ1n) is 7.26. The number of hydrogen-bond acceptors (Lipinski definition) is 6. The van der Waals surface area contributed by atoms with E-state index in [-0.39, 0.29) is 0 Å². The summed E-state index contributed by atoms with van der Waals surface area (Å²) in [5, 5.41) is 0. The van der Waals surface area contributed by atoms with Crippen LogP contribution in [0.1, 0.15) is 19.3 Å². The molecule has 2 aliphatic heterocycles. The van der Waals surface area contributed by atoms with E-state index in [2.05, 4.69) is 14.9 Å². The van der Waals surface area contributed by atoms with E-state index < -0.39 is 0 Å². The summed E-state index contributed by atoms with van der Waals surface area (Å²) in [6.45, 7) is 3.85. The number of nitrogen functional groups attached to an aromatic ring is 1. The van der Waals surface area contributed by atoms with Crippen molar-refractivity contribution in [2.24, 2.45) is 11.8 Å². The van der Waals surface area contributed by atoms with Crippen LogP contribution in [0.2, 0.25) is 0 Å². The molecule has 2 saturated heterocycles. The lowest BCUT2D eigenvalue weighted by molar-refractivity contribution is 0.0500. The maximum atomic E-state index is 5.86. The molecule has 0 aromatic carbocycles. The molecule has 20 heavy (non-hydrogen) atoms. The summed E-state index contributed by atoms with van der Waals surface area (Å²) in [6.07, 6.45) is 5.08. The summed E-state index contributed by atoms with van der Waals surface area (Å²) in [7, 11) is 1.62. The van der Waals surface area contributed by atoms with Crippen molar-refractivity contribution in [1.29, 1.82) is 0 Å². The number of ether oxygens (including phenoxy) is 2. The predicted octanol–water partition coefficient (Wildman–Crippen LogP) is 1.32. The van der Waals surface area contributed by atoms with E-state index in [1.54, 1.807) is 7.11 Å². The zero-order valence-corrected chi connectivity index (χ0v) is 11.9. The number of aromatic nitrogens is 2. The third-order valence-electron chi connectivity index (χ3n) is 4.47. The fourth-order valence-electron chi connectivity index (χ4n) is 3.35. The zero-order chi connectivity index (χ0) is 13.9. The molecule has 0 saturated carbocycles. The van der Waals surface area contributed by atoms with Crippen molar-refractivity contribution in [1.82, 2.24) is 9.97 Å². The van der Waals surface area contributed by atoms with Gasteiger partial charge in [0.15, 0.2) is 11.6 Å². The fourth-order valence-corrected chi connectivity index (χ4v) is 3.35. The third-order valence-corrected chi connectivity index (χ3v) is 4.47. The van der Waals surface area contributed by atoms with Gasteiger partial charge in [-0.25, -0.2) is 9.97 Å². The standard InChI is InChI=1S/C14H22N4O2/c1-19-12-13(15)16-9-17-14(12)18-5-2-11(8-18)10-3-6-20-7-4-10/h9-11H,2-8H2,1H3,(H2,15,16,17). The minimum atomic E-state index is 0.409. The summed E-state index contributed by atoms with van der Waals surface area (Å²) in [4.78, 5) is 10.6. The lowest BCUT2D eigenvalue weighted by Crippen LogP contribution is -2.27. The average Bonchev–Trinajstić information content (AvgIpc) is 2.97. The molecule has 0 bridgehead atoms. The van der Waals surface area contributed by atoms with Crippen LogP contribution < -0.4 is 15.4 Å². The van der Waals surface area contributed by atoms with E-state index in [1.165, 1.54) is 25.6 Å². The van der Waals surface area contributed by atoms with Crippen LogP contribution in [0.5, 0.6) is 5.75 Å². The summed E-state index contributed by atoms with van der Waals surface area (Å²) in [6, 6.07) is 0. The van der Waals surface area contributed by atoms with Gasteiger partial charge < -0.3 is 20.1 Å². The summed E-state index contributed by atoms with van der Waals surface area (Å²) in [5.74, 6) is 3.33. The number of hydrogen-bond donors (Lipinski definition) is 1. The highest BCUT2D eigenvalue weighted by Gasteiger charge is 2.32. The van der Waals surface area contributed by atoms with Gasteiger partial charge in [-0.2, -0.15) is 0 Å². The Morgan fingerprint density at radius 3 is 2.80 bits per heavy atom. The quantitative estimate of drug-likeness (QED) is 0.899. The molecule has 1 unspecified atom stereocenters. The molecule has 2 N–H and O–H groups in total. The molecular formula is C14H22N4O2. The van der Waals surface area contributed by atoms with E-state index in [0.717, 1.165) is 44.0 Å². The van der Waals surface area contributed by atoms with Gasteiger partial charge in [-0.15, -0.1) is 0 Å². The molecule has 1 atom stereocenters. The normalized spacial score (nSPS) is 24.1. The third kappa shape index (κ3) is 2.52. The Morgan fingerprint density at radius 1 is 1.25 bits per heavy atom. The van der Waals surface area contributed by atoms with Crippen LogP contribution in [-0.2, 0) is 4.74 Å². The molecule has 1 aromatic heterocycles. The molecule has 110 valence electrons. The Hall–Kier alpha value is -1.56. The van der Waals surface area contributed by atoms with Gasteiger partial charge in [0, 0.05) is 26.3 Å². The Morgan fingerprint density at radius 2 is 2.05 bits per heavy atom. The van der Waals surface area contributed by atoms with Crippen molar-refractivity contribution in [3.63, 3.8) is 0 Å². The van der Waals surface area contributed by atoms with Crippen molar-refractivity contribution in [3.05, 3.63) is 6.33 Å². The smallest absolute Gasteiger partial charge is 0.204 e. The van der Waals surface area contributed by atoms with Gasteiger partial charge in [-0.05, 0) is 31.1 Å². The number of methoxy groups -OCH3 is 1. The van der Waals surface area contributed by atoms with Crippen LogP contribution in [0.15, 0.2) is 6.33 Å². The average molecular weight is 278 g/mol. The van der Waals surface area contributed by atoms with E-state index in [0.29, 0.717) is 11.6 Å². The molecule has 2 fully saturated rings. The molecular weight excluding hydrogens is 256 g/mol. The first-order valence-corrected chi connectivity index (χ1v) is 7.26. The maximum Gasteiger partial charge on any atom is 0.204 e. The first kappa shape index (κ1) is 13.4. The van der Waals surface area contributed by atoms with Crippen molar-refractivity contribution in [2.75, 3.05) is 44.0 Å². The fraction of sp³-hybridized carbons (Fsp3) is 0.714. The molecule has 0 spiro atoms. The highest BCUT2D eigenvalue weighted by atomic mass is 16.5. The number of anilines is 2. The lowest BCUT2D eigenvalue weighted by atomic mass is 9.85. The topological polar surface area (TPSA) is 73.5 Å². The summed E-state index contributed by atoms with van der Waals surface area (Å²) in [5.41, 5.74) is 5.86. The molecule has 6 nitrogen and oxygen atoms in total. The molecule has 0 aliphatic carbocycles. The van der Waals surface area contributed by atoms with Gasteiger partial charge in [0.1, 0.15) is 6.33 Å². The van der Waals surface area contributed by atoms with E-state index in [9.17, 15) is 0 Å². The Bertz CT molecular complexity index is 462. The SMILES string of the molecule is COc1c(N)ncnc1N1CCC(C2CCOCC2)C1. The molecule has 3 heterocycles. The van der Waals surface area contributed by atoms with Crippen LogP contribution in [0.4, 0.5) is 11.6 Å². The van der Waals surface area contributed by atoms with Gasteiger partial charge >= 0.3 is 0 Å². The second-order valence-corrected chi connectivity index (χ2v) is 5.56. The summed E-state index contributed by atoms with van der Waals surface area (Å²) < 4.78 is 10.8. The van der Waals surface area contributed by atoms with Crippen LogP contribution in [0.3, 0.4) is 0 Å². The molecule has 0 amide bonds. The second-order valence-electron chi connectivity index (χ2n) is 5.56. The summed E-state index contributed by atoms with van der Waals surface area (Å²) >= 11 is 0. The van der Waals surface area contributed by atoms with Gasteiger partial charge in [-0.3, -0.25) is 0 Å². The molecule has 0 radical (unpaired) electrons. The largest absolute Gasteiger partial charge is 0.490 e. The molecule has 3 rings (SSSR count). The van der Waals surface area contributed by atoms with Crippen LogP contribution >= 0.6 is 0 Å². The molecule has 1 aromatic rings. The molecule has 2 aliphatic rings. The molecule has 6 heteroatoms. The predicted molar refractivity (Wildman–Crippen MR) is 76.9 cm³/mol. The van der Waals surface area contributed by atoms with Gasteiger partial charge in [0.2, 0.25) is 5.75 Å². The minimum absolute atomic E-state index is 0.409. The van der Waals surface area contributed by atoms with E-state index in [1.807, 2.05) is 0 Å². The van der Waals surface area contributed by atoms with E-state index in [4.69, 9.17) is 15.2 Å². The number of nitrogens with two attached hydrogens (primary N) is 1. The maximum absolute atomic E-state index is 5.86. The van der Waals surface area contributed by atoms with Crippen LogP contribution in [-0.4, -0.2) is 43.4 Å². The zero-order valence-electron chi connectivity index (χ0n) is 11.9. The van der Waals surface area contributed by atoms with Gasteiger partial charge in [0.25, 0.3) is 0 Å². The van der Waals surface area contributed by atoms with Gasteiger partial charge in [-0.1, -0.05) is 0 Å². The number of nitrogens with zero attached hydrogens (tertiary/aromatic N) is 3. The Balaban J connectivity index is 1.72. The lowest BCUT2D eigenvalue weighted by Gasteiger charge is -2.28. The van der Waals surface area contributed by atoms with E-state index >= 15 is 0 Å². The minimum Gasteiger partial charge on any atom is -0.490 e. The van der Waals surface area contributed by atoms with Crippen LogP contribution in [0.25, 0.3) is 0 Å². The van der Waals surface area contributed by atoms with Gasteiger partial charge in [0.05, 0.1) is 7.11 Å². The van der Waals surface area contributed by atoms with Crippen molar-refractivity contribution in [2.45, 2.75) is 19.3 Å². The Labute approximate surface area is 119 Å². The monoisotopic (exact) mass is 278 g/mol. The second kappa shape index (κ2) is 5.83. The van der Waals surface area contributed by atoms with Crippen LogP contribution in [0, 0.1) is 11.8 Å². The van der Waals surface area contributed by atoms with Crippen molar-refractivity contribution < 1.29 is 9.47 Å². The number of rotatable bonds is 3.